The van der Waals surface area contributed by atoms with E-state index in [1.54, 1.807) is 12.1 Å². The Morgan fingerprint density at radius 3 is 2.74 bits per heavy atom. The lowest BCUT2D eigenvalue weighted by molar-refractivity contribution is -0.115. The van der Waals surface area contributed by atoms with Crippen LogP contribution in [0.3, 0.4) is 0 Å². The third-order valence-corrected chi connectivity index (χ3v) is 4.02. The highest BCUT2D eigenvalue weighted by molar-refractivity contribution is 8.26. The number of amides is 1. The number of hydrogen-bond donors (Lipinski definition) is 2. The Hall–Kier alpha value is -1.85. The van der Waals surface area contributed by atoms with Gasteiger partial charge in [0.15, 0.2) is 0 Å². The molecule has 1 saturated heterocycles. The molecule has 0 unspecified atom stereocenters. The Morgan fingerprint density at radius 1 is 1.21 bits per heavy atom. The molecule has 0 atom stereocenters. The third-order valence-electron chi connectivity index (χ3n) is 2.86. The normalized spacial score (nSPS) is 17.2. The molecule has 3 rings (SSSR count). The monoisotopic (exact) mass is 287 g/mol. The Kier molecular flexibility index (Phi) is 3.00. The highest BCUT2D eigenvalue weighted by Gasteiger charge is 2.22. The average Bonchev–Trinajstić information content (AvgIpc) is 2.72. The van der Waals surface area contributed by atoms with Crippen LogP contribution in [0.25, 0.3) is 16.8 Å². The van der Waals surface area contributed by atoms with E-state index in [-0.39, 0.29) is 11.7 Å². The van der Waals surface area contributed by atoms with E-state index in [1.807, 2.05) is 30.3 Å². The van der Waals surface area contributed by atoms with Gasteiger partial charge >= 0.3 is 0 Å². The molecule has 0 saturated carbocycles. The molecule has 0 aromatic heterocycles. The van der Waals surface area contributed by atoms with Crippen LogP contribution in [0, 0.1) is 0 Å². The fourth-order valence-electron chi connectivity index (χ4n) is 1.95. The van der Waals surface area contributed by atoms with Gasteiger partial charge in [0.25, 0.3) is 5.91 Å². The molecule has 19 heavy (non-hydrogen) atoms. The van der Waals surface area contributed by atoms with Crippen LogP contribution in [-0.4, -0.2) is 15.3 Å². The Bertz CT molecular complexity index is 737. The van der Waals surface area contributed by atoms with Gasteiger partial charge < -0.3 is 10.4 Å². The number of rotatable bonds is 1. The summed E-state index contributed by atoms with van der Waals surface area (Å²) in [6.07, 6.45) is 1.65. The molecule has 2 aromatic rings. The summed E-state index contributed by atoms with van der Waals surface area (Å²) in [4.78, 5) is 12.1. The van der Waals surface area contributed by atoms with Crippen molar-refractivity contribution in [3.05, 3.63) is 46.9 Å². The second-order valence-electron chi connectivity index (χ2n) is 4.08. The van der Waals surface area contributed by atoms with Crippen LogP contribution < -0.4 is 5.32 Å². The number of phenols is 1. The number of thioether (sulfide) groups is 1. The fourth-order valence-corrected chi connectivity index (χ4v) is 2.99. The Morgan fingerprint density at radius 2 is 2.00 bits per heavy atom. The van der Waals surface area contributed by atoms with Gasteiger partial charge in [-0.15, -0.1) is 0 Å². The quantitative estimate of drug-likeness (QED) is 0.625. The maximum Gasteiger partial charge on any atom is 0.263 e. The first-order valence-corrected chi connectivity index (χ1v) is 6.83. The van der Waals surface area contributed by atoms with Crippen molar-refractivity contribution in [2.45, 2.75) is 0 Å². The standard InChI is InChI=1S/C14H9NO2S2/c16-12-9(7-11-13(17)15-14(18)19-11)6-5-8-3-1-2-4-10(8)12/h1-7,16H,(H,15,17,18)/b11-7+. The van der Waals surface area contributed by atoms with Crippen molar-refractivity contribution in [2.24, 2.45) is 0 Å². The SMILES string of the molecule is O=C1NC(=S)S/C1=C/c1ccc2ccccc2c1O. The summed E-state index contributed by atoms with van der Waals surface area (Å²) in [5, 5.41) is 14.5. The molecule has 2 aromatic carbocycles. The van der Waals surface area contributed by atoms with Crippen molar-refractivity contribution in [3.8, 4) is 5.75 Å². The molecular weight excluding hydrogens is 278 g/mol. The molecule has 0 spiro atoms. The van der Waals surface area contributed by atoms with Gasteiger partial charge in [-0.25, -0.2) is 0 Å². The third kappa shape index (κ3) is 2.22. The van der Waals surface area contributed by atoms with Crippen molar-refractivity contribution in [3.63, 3.8) is 0 Å². The molecule has 0 bridgehead atoms. The summed E-state index contributed by atoms with van der Waals surface area (Å²) in [6.45, 7) is 0. The minimum absolute atomic E-state index is 0.178. The highest BCUT2D eigenvalue weighted by atomic mass is 32.2. The number of carbonyl (C=O) groups excluding carboxylic acids is 1. The van der Waals surface area contributed by atoms with Crippen molar-refractivity contribution in [1.82, 2.24) is 5.32 Å². The van der Waals surface area contributed by atoms with Gasteiger partial charge in [-0.1, -0.05) is 60.4 Å². The number of aromatic hydroxyl groups is 1. The minimum atomic E-state index is -0.220. The lowest BCUT2D eigenvalue weighted by Gasteiger charge is -2.04. The molecule has 1 aliphatic heterocycles. The second kappa shape index (κ2) is 4.68. The van der Waals surface area contributed by atoms with Crippen LogP contribution in [0.2, 0.25) is 0 Å². The lowest BCUT2D eigenvalue weighted by Crippen LogP contribution is -2.17. The van der Waals surface area contributed by atoms with Gasteiger partial charge in [0.05, 0.1) is 4.91 Å². The molecule has 1 heterocycles. The number of fused-ring (bicyclic) bond motifs is 1. The zero-order valence-electron chi connectivity index (χ0n) is 9.71. The van der Waals surface area contributed by atoms with Crippen molar-refractivity contribution >= 4 is 51.1 Å². The zero-order chi connectivity index (χ0) is 13.4. The largest absolute Gasteiger partial charge is 0.507 e. The van der Waals surface area contributed by atoms with E-state index in [9.17, 15) is 9.90 Å². The van der Waals surface area contributed by atoms with Crippen LogP contribution in [0.15, 0.2) is 41.3 Å². The van der Waals surface area contributed by atoms with Crippen LogP contribution in [-0.2, 0) is 4.79 Å². The van der Waals surface area contributed by atoms with Crippen molar-refractivity contribution in [1.29, 1.82) is 0 Å². The molecule has 3 nitrogen and oxygen atoms in total. The maximum atomic E-state index is 11.6. The first-order valence-electron chi connectivity index (χ1n) is 5.61. The number of phenolic OH excluding ortho intramolecular Hbond substituents is 1. The first kappa shape index (κ1) is 12.2. The minimum Gasteiger partial charge on any atom is -0.507 e. The molecule has 1 fully saturated rings. The molecule has 1 aliphatic rings. The summed E-state index contributed by atoms with van der Waals surface area (Å²) in [5.41, 5.74) is 0.612. The number of nitrogens with one attached hydrogen (secondary N) is 1. The fraction of sp³-hybridized carbons (Fsp3) is 0. The van der Waals surface area contributed by atoms with Crippen LogP contribution >= 0.6 is 24.0 Å². The number of carbonyl (C=O) groups is 1. The number of thiocarbonyl (C=S) groups is 1. The molecule has 0 radical (unpaired) electrons. The molecule has 1 amide bonds. The van der Waals surface area contributed by atoms with Crippen LogP contribution in [0.4, 0.5) is 0 Å². The van der Waals surface area contributed by atoms with Crippen LogP contribution in [0.1, 0.15) is 5.56 Å². The molecule has 0 aliphatic carbocycles. The van der Waals surface area contributed by atoms with E-state index in [0.29, 0.717) is 14.8 Å². The van der Waals surface area contributed by atoms with Gasteiger partial charge in [0.1, 0.15) is 10.1 Å². The van der Waals surface area contributed by atoms with Gasteiger partial charge in [0, 0.05) is 10.9 Å². The summed E-state index contributed by atoms with van der Waals surface area (Å²) in [7, 11) is 0. The zero-order valence-corrected chi connectivity index (χ0v) is 11.3. The Labute approximate surface area is 119 Å². The Balaban J connectivity index is 2.11. The molecule has 5 heteroatoms. The summed E-state index contributed by atoms with van der Waals surface area (Å²) in [5.74, 6) is -0.0422. The van der Waals surface area contributed by atoms with Crippen LogP contribution in [0.5, 0.6) is 5.75 Å². The topological polar surface area (TPSA) is 49.3 Å². The smallest absolute Gasteiger partial charge is 0.263 e. The maximum absolute atomic E-state index is 11.6. The first-order chi connectivity index (χ1) is 9.15. The summed E-state index contributed by atoms with van der Waals surface area (Å²) < 4.78 is 0.441. The summed E-state index contributed by atoms with van der Waals surface area (Å²) >= 11 is 6.13. The van der Waals surface area contributed by atoms with E-state index in [0.717, 1.165) is 10.8 Å². The molecular formula is C14H9NO2S2. The number of hydrogen-bond acceptors (Lipinski definition) is 4. The molecule has 94 valence electrons. The van der Waals surface area contributed by atoms with E-state index < -0.39 is 0 Å². The van der Waals surface area contributed by atoms with E-state index >= 15 is 0 Å². The van der Waals surface area contributed by atoms with Gasteiger partial charge in [-0.05, 0) is 11.5 Å². The van der Waals surface area contributed by atoms with Gasteiger partial charge in [0.2, 0.25) is 0 Å². The number of benzene rings is 2. The van der Waals surface area contributed by atoms with E-state index in [2.05, 4.69) is 5.32 Å². The molecule has 2 N–H and O–H groups in total. The second-order valence-corrected chi connectivity index (χ2v) is 5.80. The van der Waals surface area contributed by atoms with Crippen molar-refractivity contribution in [2.75, 3.05) is 0 Å². The van der Waals surface area contributed by atoms with E-state index in [1.165, 1.54) is 11.8 Å². The predicted molar refractivity (Wildman–Crippen MR) is 81.9 cm³/mol. The van der Waals surface area contributed by atoms with Gasteiger partial charge in [-0.2, -0.15) is 0 Å². The van der Waals surface area contributed by atoms with E-state index in [4.69, 9.17) is 12.2 Å². The van der Waals surface area contributed by atoms with Gasteiger partial charge in [-0.3, -0.25) is 4.79 Å². The average molecular weight is 287 g/mol. The van der Waals surface area contributed by atoms with Crippen molar-refractivity contribution < 1.29 is 9.90 Å². The lowest BCUT2D eigenvalue weighted by atomic mass is 10.0. The highest BCUT2D eigenvalue weighted by Crippen LogP contribution is 2.33. The predicted octanol–water partition coefficient (Wildman–Crippen LogP) is 3.03. The summed E-state index contributed by atoms with van der Waals surface area (Å²) in [6, 6.07) is 11.3.